The lowest BCUT2D eigenvalue weighted by Crippen LogP contribution is -2.37. The van der Waals surface area contributed by atoms with Crippen LogP contribution in [0, 0.1) is 5.92 Å². The molecule has 0 bridgehead atoms. The monoisotopic (exact) mass is 238 g/mol. The summed E-state index contributed by atoms with van der Waals surface area (Å²) < 4.78 is 7.27. The Bertz CT molecular complexity index is 365. The molecule has 1 aromatic rings. The number of ether oxygens (including phenoxy) is 1. The van der Waals surface area contributed by atoms with Crippen LogP contribution >= 0.6 is 0 Å². The van der Waals surface area contributed by atoms with E-state index in [9.17, 15) is 5.11 Å². The summed E-state index contributed by atoms with van der Waals surface area (Å²) >= 11 is 0. The van der Waals surface area contributed by atoms with Gasteiger partial charge in [0.2, 0.25) is 0 Å². The largest absolute Gasteiger partial charge is 0.389 e. The summed E-state index contributed by atoms with van der Waals surface area (Å²) in [7, 11) is 0. The van der Waals surface area contributed by atoms with E-state index in [-0.39, 0.29) is 5.92 Å². The van der Waals surface area contributed by atoms with Gasteiger partial charge in [-0.1, -0.05) is 0 Å². The molecule has 4 nitrogen and oxygen atoms in total. The summed E-state index contributed by atoms with van der Waals surface area (Å²) in [6.07, 6.45) is 3.51. The quantitative estimate of drug-likeness (QED) is 0.870. The van der Waals surface area contributed by atoms with Gasteiger partial charge in [-0.3, -0.25) is 4.68 Å². The second-order valence-electron chi connectivity index (χ2n) is 5.48. The fourth-order valence-corrected chi connectivity index (χ4v) is 2.30. The molecule has 1 aliphatic rings. The van der Waals surface area contributed by atoms with Crippen molar-refractivity contribution in [1.82, 2.24) is 9.78 Å². The maximum absolute atomic E-state index is 10.5. The molecule has 17 heavy (non-hydrogen) atoms. The van der Waals surface area contributed by atoms with Crippen molar-refractivity contribution in [2.45, 2.75) is 45.3 Å². The average molecular weight is 238 g/mol. The van der Waals surface area contributed by atoms with E-state index >= 15 is 0 Å². The minimum Gasteiger partial charge on any atom is -0.389 e. The number of hydrogen-bond acceptors (Lipinski definition) is 3. The Kier molecular flexibility index (Phi) is 3.54. The molecule has 0 radical (unpaired) electrons. The topological polar surface area (TPSA) is 47.3 Å². The lowest BCUT2D eigenvalue weighted by Gasteiger charge is -2.28. The first kappa shape index (κ1) is 12.6. The first-order valence-corrected chi connectivity index (χ1v) is 6.33. The van der Waals surface area contributed by atoms with Gasteiger partial charge in [0.25, 0.3) is 0 Å². The van der Waals surface area contributed by atoms with E-state index < -0.39 is 5.60 Å². The summed E-state index contributed by atoms with van der Waals surface area (Å²) in [5, 5.41) is 15.0. The third-order valence-electron chi connectivity index (χ3n) is 3.54. The zero-order valence-corrected chi connectivity index (χ0v) is 10.9. The molecule has 1 saturated heterocycles. The van der Waals surface area contributed by atoms with Gasteiger partial charge in [-0.25, -0.2) is 0 Å². The highest BCUT2D eigenvalue weighted by Crippen LogP contribution is 2.28. The first-order chi connectivity index (χ1) is 7.99. The standard InChI is InChI=1S/C13H22N2O2/c1-10(2)15-6-4-12(14-15)8-13(3,16)11-5-7-17-9-11/h4,6,10-11,16H,5,7-9H2,1-3H3. The van der Waals surface area contributed by atoms with Crippen LogP contribution in [0.5, 0.6) is 0 Å². The van der Waals surface area contributed by atoms with E-state index in [1.807, 2.05) is 23.9 Å². The van der Waals surface area contributed by atoms with Gasteiger partial charge < -0.3 is 9.84 Å². The van der Waals surface area contributed by atoms with Crippen molar-refractivity contribution in [2.24, 2.45) is 5.92 Å². The van der Waals surface area contributed by atoms with Crippen molar-refractivity contribution in [3.05, 3.63) is 18.0 Å². The van der Waals surface area contributed by atoms with Crippen LogP contribution in [0.15, 0.2) is 12.3 Å². The molecule has 0 saturated carbocycles. The fourth-order valence-electron chi connectivity index (χ4n) is 2.30. The van der Waals surface area contributed by atoms with Gasteiger partial charge in [0.15, 0.2) is 0 Å². The maximum Gasteiger partial charge on any atom is 0.0726 e. The van der Waals surface area contributed by atoms with Crippen molar-refractivity contribution in [2.75, 3.05) is 13.2 Å². The number of rotatable bonds is 4. The van der Waals surface area contributed by atoms with Crippen LogP contribution in [0.4, 0.5) is 0 Å². The number of hydrogen-bond donors (Lipinski definition) is 1. The highest BCUT2D eigenvalue weighted by molar-refractivity contribution is 5.05. The molecule has 2 heterocycles. The van der Waals surface area contributed by atoms with E-state index in [0.717, 1.165) is 18.7 Å². The van der Waals surface area contributed by atoms with Crippen molar-refractivity contribution >= 4 is 0 Å². The van der Waals surface area contributed by atoms with Crippen molar-refractivity contribution < 1.29 is 9.84 Å². The van der Waals surface area contributed by atoms with Crippen LogP contribution in [0.3, 0.4) is 0 Å². The van der Waals surface area contributed by atoms with Crippen LogP contribution in [-0.2, 0) is 11.2 Å². The molecule has 2 atom stereocenters. The van der Waals surface area contributed by atoms with Crippen LogP contribution in [0.2, 0.25) is 0 Å². The Morgan fingerprint density at radius 1 is 1.65 bits per heavy atom. The normalized spacial score (nSPS) is 24.2. The van der Waals surface area contributed by atoms with Crippen LogP contribution in [0.1, 0.15) is 38.9 Å². The number of aromatic nitrogens is 2. The molecule has 1 aliphatic heterocycles. The minimum absolute atomic E-state index is 0.228. The van der Waals surface area contributed by atoms with Crippen molar-refractivity contribution in [1.29, 1.82) is 0 Å². The SMILES string of the molecule is CC(C)n1ccc(CC(C)(O)C2CCOC2)n1. The highest BCUT2D eigenvalue weighted by atomic mass is 16.5. The van der Waals surface area contributed by atoms with Crippen LogP contribution in [-0.4, -0.2) is 33.7 Å². The molecule has 0 aromatic carbocycles. The minimum atomic E-state index is -0.716. The molecule has 4 heteroatoms. The molecule has 0 aliphatic carbocycles. The van der Waals surface area contributed by atoms with Gasteiger partial charge in [-0.2, -0.15) is 5.10 Å². The van der Waals surface area contributed by atoms with Crippen LogP contribution < -0.4 is 0 Å². The Labute approximate surface area is 103 Å². The zero-order valence-electron chi connectivity index (χ0n) is 10.9. The molecular weight excluding hydrogens is 216 g/mol. The van der Waals surface area contributed by atoms with E-state index in [1.165, 1.54) is 0 Å². The van der Waals surface area contributed by atoms with Crippen molar-refractivity contribution in [3.63, 3.8) is 0 Å². The molecule has 0 amide bonds. The summed E-state index contributed by atoms with van der Waals surface area (Å²) in [4.78, 5) is 0. The predicted molar refractivity (Wildman–Crippen MR) is 65.9 cm³/mol. The van der Waals surface area contributed by atoms with Crippen molar-refractivity contribution in [3.8, 4) is 0 Å². The Hall–Kier alpha value is -0.870. The van der Waals surface area contributed by atoms with Gasteiger partial charge in [-0.15, -0.1) is 0 Å². The molecule has 1 N–H and O–H groups in total. The average Bonchev–Trinajstić information content (AvgIpc) is 2.85. The lowest BCUT2D eigenvalue weighted by molar-refractivity contribution is -0.00543. The summed E-state index contributed by atoms with van der Waals surface area (Å²) in [6.45, 7) is 7.51. The van der Waals surface area contributed by atoms with E-state index in [4.69, 9.17) is 4.74 Å². The Morgan fingerprint density at radius 2 is 2.41 bits per heavy atom. The summed E-state index contributed by atoms with van der Waals surface area (Å²) in [5.74, 6) is 0.228. The van der Waals surface area contributed by atoms with Gasteiger partial charge in [0.1, 0.15) is 0 Å². The smallest absolute Gasteiger partial charge is 0.0726 e. The molecule has 1 aromatic heterocycles. The van der Waals surface area contributed by atoms with Gasteiger partial charge >= 0.3 is 0 Å². The van der Waals surface area contributed by atoms with Crippen LogP contribution in [0.25, 0.3) is 0 Å². The number of aliphatic hydroxyl groups is 1. The highest BCUT2D eigenvalue weighted by Gasteiger charge is 2.35. The molecule has 0 spiro atoms. The van der Waals surface area contributed by atoms with E-state index in [2.05, 4.69) is 18.9 Å². The third kappa shape index (κ3) is 2.87. The molecule has 2 rings (SSSR count). The van der Waals surface area contributed by atoms with E-state index in [0.29, 0.717) is 19.1 Å². The summed E-state index contributed by atoms with van der Waals surface area (Å²) in [5.41, 5.74) is 0.239. The zero-order chi connectivity index (χ0) is 12.5. The predicted octanol–water partition coefficient (Wildman–Crippen LogP) is 1.79. The molecule has 2 unspecified atom stereocenters. The number of nitrogens with zero attached hydrogens (tertiary/aromatic N) is 2. The van der Waals surface area contributed by atoms with E-state index in [1.54, 1.807) is 0 Å². The lowest BCUT2D eigenvalue weighted by atomic mass is 9.85. The fraction of sp³-hybridized carbons (Fsp3) is 0.769. The molecular formula is C13H22N2O2. The first-order valence-electron chi connectivity index (χ1n) is 6.33. The Morgan fingerprint density at radius 3 is 2.94 bits per heavy atom. The molecule has 96 valence electrons. The maximum atomic E-state index is 10.5. The third-order valence-corrected chi connectivity index (χ3v) is 3.54. The Balaban J connectivity index is 2.03. The second-order valence-corrected chi connectivity index (χ2v) is 5.48. The van der Waals surface area contributed by atoms with Gasteiger partial charge in [-0.05, 0) is 33.3 Å². The van der Waals surface area contributed by atoms with Gasteiger partial charge in [0, 0.05) is 31.2 Å². The molecule has 1 fully saturated rings. The second kappa shape index (κ2) is 4.78. The van der Waals surface area contributed by atoms with Gasteiger partial charge in [0.05, 0.1) is 17.9 Å². The summed E-state index contributed by atoms with van der Waals surface area (Å²) in [6, 6.07) is 2.35.